The first-order chi connectivity index (χ1) is 13.4. The molecule has 0 aliphatic heterocycles. The van der Waals surface area contributed by atoms with Crippen molar-refractivity contribution in [3.63, 3.8) is 0 Å². The predicted molar refractivity (Wildman–Crippen MR) is 112 cm³/mol. The standard InChI is InChI=1S/C20H23ClN2O5S/c1-14(23(15(2)24)28-16(3)25)4-5-17-6-10-19(11-7-17)29(22,26,27)20-12-8-18(21)9-13-20/h4-14H,1-3H3,(H3,22,26,27)/b5-4+. The van der Waals surface area contributed by atoms with E-state index < -0.39 is 27.5 Å². The maximum absolute atomic E-state index is 13.1. The fourth-order valence-electron chi connectivity index (χ4n) is 2.58. The summed E-state index contributed by atoms with van der Waals surface area (Å²) in [6.07, 6.45) is 3.36. The topological polar surface area (TPSA) is 110 Å². The molecule has 0 heterocycles. The highest BCUT2D eigenvalue weighted by atomic mass is 35.5. The highest BCUT2D eigenvalue weighted by molar-refractivity contribution is 8.13. The molecule has 0 aromatic heterocycles. The Morgan fingerprint density at radius 2 is 1.59 bits per heavy atom. The summed E-state index contributed by atoms with van der Waals surface area (Å²) in [5.41, 5.74) is 0.700. The van der Waals surface area contributed by atoms with Crippen molar-refractivity contribution in [3.8, 4) is 0 Å². The number of nitrogens with two attached hydrogens (primary N) is 1. The third-order valence-corrected chi connectivity index (χ3v) is 6.70. The van der Waals surface area contributed by atoms with E-state index in [0.717, 1.165) is 5.06 Å². The van der Waals surface area contributed by atoms with Gasteiger partial charge in [-0.15, -0.1) is 0 Å². The van der Waals surface area contributed by atoms with E-state index in [1.54, 1.807) is 31.2 Å². The summed E-state index contributed by atoms with van der Waals surface area (Å²) in [5.74, 6) is -1.01. The Kier molecular flexibility index (Phi) is 6.64. The summed E-state index contributed by atoms with van der Waals surface area (Å²) in [5, 5.41) is 7.29. The molecule has 0 spiro atoms. The number of amides is 1. The molecule has 0 saturated heterocycles. The summed E-state index contributed by atoms with van der Waals surface area (Å²) in [6, 6.07) is 11.5. The number of hydrogen-bond donors (Lipinski definition) is 2. The lowest BCUT2D eigenvalue weighted by molar-refractivity contribution is -0.199. The number of carbonyl (C=O) groups is 2. The van der Waals surface area contributed by atoms with E-state index in [4.69, 9.17) is 21.6 Å². The van der Waals surface area contributed by atoms with Gasteiger partial charge in [-0.05, 0) is 48.9 Å². The zero-order chi connectivity index (χ0) is 21.8. The van der Waals surface area contributed by atoms with E-state index in [2.05, 4.69) is 0 Å². The maximum atomic E-state index is 13.1. The molecule has 2 rings (SSSR count). The summed E-state index contributed by atoms with van der Waals surface area (Å²) in [6.45, 7) is 4.19. The molecule has 7 nitrogen and oxygen atoms in total. The molecule has 156 valence electrons. The van der Waals surface area contributed by atoms with Crippen LogP contribution in [-0.2, 0) is 24.0 Å². The molecular formula is C20H23ClN2O5S. The minimum atomic E-state index is -4.74. The van der Waals surface area contributed by atoms with Crippen molar-refractivity contribution >= 4 is 39.1 Å². The summed E-state index contributed by atoms with van der Waals surface area (Å²) < 4.78 is 23.8. The van der Waals surface area contributed by atoms with Crippen LogP contribution in [-0.4, -0.2) is 31.7 Å². The van der Waals surface area contributed by atoms with Crippen LogP contribution in [0, 0.1) is 0 Å². The fraction of sp³-hybridized carbons (Fsp3) is 0.200. The molecule has 0 aliphatic rings. The fourth-order valence-corrected chi connectivity index (χ4v) is 4.30. The van der Waals surface area contributed by atoms with E-state index in [1.165, 1.54) is 50.2 Å². The van der Waals surface area contributed by atoms with E-state index in [9.17, 15) is 18.4 Å². The highest BCUT2D eigenvalue weighted by Gasteiger charge is 2.27. The number of rotatable bonds is 5. The van der Waals surface area contributed by atoms with Crippen molar-refractivity contribution in [1.82, 2.24) is 5.06 Å². The molecule has 2 aromatic rings. The lowest BCUT2D eigenvalue weighted by atomic mass is 10.2. The first-order valence-electron chi connectivity index (χ1n) is 8.63. The van der Waals surface area contributed by atoms with Gasteiger partial charge < -0.3 is 4.84 Å². The largest absolute Gasteiger partial charge is 0.338 e. The van der Waals surface area contributed by atoms with Gasteiger partial charge in [0, 0.05) is 18.9 Å². The molecule has 0 aliphatic carbocycles. The van der Waals surface area contributed by atoms with E-state index in [0.29, 0.717) is 10.6 Å². The van der Waals surface area contributed by atoms with Gasteiger partial charge in [0.1, 0.15) is 0 Å². The van der Waals surface area contributed by atoms with Crippen molar-refractivity contribution in [3.05, 3.63) is 65.2 Å². The van der Waals surface area contributed by atoms with Crippen LogP contribution in [0.2, 0.25) is 5.02 Å². The Labute approximate surface area is 174 Å². The quantitative estimate of drug-likeness (QED) is 0.692. The number of carbonyl (C=O) groups excluding carboxylic acids is 2. The second-order valence-electron chi connectivity index (χ2n) is 6.51. The summed E-state index contributed by atoms with van der Waals surface area (Å²) >= 11 is 5.83. The Morgan fingerprint density at radius 1 is 1.10 bits per heavy atom. The van der Waals surface area contributed by atoms with Gasteiger partial charge in [-0.1, -0.05) is 45.4 Å². The molecule has 0 saturated carbocycles. The van der Waals surface area contributed by atoms with E-state index in [-0.39, 0.29) is 9.79 Å². The van der Waals surface area contributed by atoms with E-state index in [1.807, 2.05) is 0 Å². The zero-order valence-corrected chi connectivity index (χ0v) is 17.8. The normalized spacial score (nSPS) is 14.1. The Balaban J connectivity index is 2.24. The Hall–Kier alpha value is -2.52. The molecule has 2 aromatic carbocycles. The average Bonchev–Trinajstić information content (AvgIpc) is 2.64. The Morgan fingerprint density at radius 3 is 2.03 bits per heavy atom. The van der Waals surface area contributed by atoms with Crippen molar-refractivity contribution in [1.29, 1.82) is 0 Å². The van der Waals surface area contributed by atoms with Crippen LogP contribution in [0.5, 0.6) is 0 Å². The van der Waals surface area contributed by atoms with Crippen molar-refractivity contribution in [2.24, 2.45) is 5.14 Å². The smallest absolute Gasteiger partial charge is 0.329 e. The SMILES string of the molecule is CC(=O)ON(C(C)=O)C(C)/C=C/c1ccc(S(N)(=O)(O)c2ccc(Cl)cc2)cc1. The zero-order valence-electron chi connectivity index (χ0n) is 16.2. The van der Waals surface area contributed by atoms with Gasteiger partial charge in [0.25, 0.3) is 5.91 Å². The second-order valence-corrected chi connectivity index (χ2v) is 9.82. The monoisotopic (exact) mass is 438 g/mol. The first-order valence-corrected chi connectivity index (χ1v) is 11.0. The van der Waals surface area contributed by atoms with Gasteiger partial charge in [0.15, 0.2) is 0 Å². The van der Waals surface area contributed by atoms with Crippen LogP contribution in [0.4, 0.5) is 0 Å². The van der Waals surface area contributed by atoms with E-state index >= 15 is 0 Å². The Bertz CT molecular complexity index is 997. The average molecular weight is 439 g/mol. The van der Waals surface area contributed by atoms with Gasteiger partial charge in [-0.3, -0.25) is 14.1 Å². The number of halogens is 1. The molecule has 0 bridgehead atoms. The highest BCUT2D eigenvalue weighted by Crippen LogP contribution is 2.35. The first kappa shape index (κ1) is 22.8. The van der Waals surface area contributed by atoms with Crippen molar-refractivity contribution in [2.75, 3.05) is 0 Å². The molecule has 1 amide bonds. The second kappa shape index (κ2) is 8.46. The van der Waals surface area contributed by atoms with Gasteiger partial charge >= 0.3 is 5.97 Å². The number of hydroxylamine groups is 2. The number of benzene rings is 2. The van der Waals surface area contributed by atoms with Gasteiger partial charge in [-0.25, -0.2) is 5.14 Å². The molecule has 0 fully saturated rings. The lowest BCUT2D eigenvalue weighted by Crippen LogP contribution is -2.42. The van der Waals surface area contributed by atoms with Crippen LogP contribution >= 0.6 is 11.6 Å². The minimum Gasteiger partial charge on any atom is -0.338 e. The van der Waals surface area contributed by atoms with Crippen LogP contribution in [0.15, 0.2) is 64.4 Å². The van der Waals surface area contributed by atoms with Crippen LogP contribution in [0.3, 0.4) is 0 Å². The third-order valence-electron chi connectivity index (χ3n) is 4.08. The van der Waals surface area contributed by atoms with Crippen LogP contribution < -0.4 is 5.14 Å². The third kappa shape index (κ3) is 5.51. The minimum absolute atomic E-state index is 0.0554. The predicted octanol–water partition coefficient (Wildman–Crippen LogP) is 3.65. The number of nitrogens with zero attached hydrogens (tertiary/aromatic N) is 1. The molecular weight excluding hydrogens is 416 g/mol. The molecule has 3 N–H and O–H groups in total. The maximum Gasteiger partial charge on any atom is 0.329 e. The molecule has 9 heteroatoms. The van der Waals surface area contributed by atoms with Crippen molar-refractivity contribution in [2.45, 2.75) is 36.6 Å². The van der Waals surface area contributed by atoms with Gasteiger partial charge in [-0.2, -0.15) is 9.27 Å². The van der Waals surface area contributed by atoms with Crippen LogP contribution in [0.1, 0.15) is 26.3 Å². The van der Waals surface area contributed by atoms with Crippen molar-refractivity contribution < 1.29 is 23.2 Å². The van der Waals surface area contributed by atoms with Gasteiger partial charge in [0.2, 0.25) is 0 Å². The summed E-state index contributed by atoms with van der Waals surface area (Å²) in [7, 11) is -4.74. The lowest BCUT2D eigenvalue weighted by Gasteiger charge is -2.39. The molecule has 0 radical (unpaired) electrons. The summed E-state index contributed by atoms with van der Waals surface area (Å²) in [4.78, 5) is 27.7. The van der Waals surface area contributed by atoms with Crippen LogP contribution in [0.25, 0.3) is 6.08 Å². The number of hydrogen-bond acceptors (Lipinski definition) is 4. The molecule has 1 atom stereocenters. The molecule has 29 heavy (non-hydrogen) atoms. The molecule has 1 unspecified atom stereocenters. The van der Waals surface area contributed by atoms with Gasteiger partial charge in [0.05, 0.1) is 15.8 Å².